The average molecular weight is 220 g/mol. The van der Waals surface area contributed by atoms with Gasteiger partial charge in [0.05, 0.1) is 0 Å². The number of methoxy groups -OCH3 is 4. The molecule has 0 aliphatic rings. The molecule has 0 aliphatic carbocycles. The average Bonchev–Trinajstić information content (AvgIpc) is 2.26. The van der Waals surface area contributed by atoms with Crippen molar-refractivity contribution in [2.24, 2.45) is 0 Å². The monoisotopic (exact) mass is 220 g/mol. The standard InChI is InChI=1S/C9H13BO4.Na.H/c1-11-6-5-10-9(14-4)8(13-3)7(6)12-2;;/h5H,1-4H3;;. The Kier molecular flexibility index (Phi) is 6.80. The van der Waals surface area contributed by atoms with Crippen LogP contribution in [0.1, 0.15) is 0 Å². The fourth-order valence-corrected chi connectivity index (χ4v) is 1.23. The van der Waals surface area contributed by atoms with Crippen LogP contribution >= 0.6 is 0 Å². The van der Waals surface area contributed by atoms with E-state index in [-0.39, 0.29) is 29.6 Å². The zero-order chi connectivity index (χ0) is 10.6. The van der Waals surface area contributed by atoms with E-state index in [9.17, 15) is 0 Å². The van der Waals surface area contributed by atoms with Crippen molar-refractivity contribution in [3.05, 3.63) is 5.96 Å². The molecule has 1 rings (SSSR count). The van der Waals surface area contributed by atoms with Gasteiger partial charge in [-0.3, -0.25) is 0 Å². The van der Waals surface area contributed by atoms with Crippen LogP contribution in [-0.4, -0.2) is 64.9 Å². The fraction of sp³-hybridized carbons (Fsp3) is 0.444. The molecule has 0 spiro atoms. The molecule has 6 heteroatoms. The first-order valence-corrected chi connectivity index (χ1v) is 4.11. The van der Waals surface area contributed by atoms with Crippen LogP contribution in [-0.2, 0) is 0 Å². The van der Waals surface area contributed by atoms with Crippen molar-refractivity contribution in [2.45, 2.75) is 0 Å². The molecule has 0 radical (unpaired) electrons. The molecular formula is C9H14BNaO4. The summed E-state index contributed by atoms with van der Waals surface area (Å²) in [7, 11) is 6.26. The van der Waals surface area contributed by atoms with Crippen molar-refractivity contribution in [3.63, 3.8) is 0 Å². The molecule has 0 unspecified atom stereocenters. The van der Waals surface area contributed by atoms with E-state index in [4.69, 9.17) is 18.9 Å². The van der Waals surface area contributed by atoms with Gasteiger partial charge in [-0.25, -0.2) is 0 Å². The molecule has 0 atom stereocenters. The van der Waals surface area contributed by atoms with Crippen LogP contribution in [0.3, 0.4) is 0 Å². The van der Waals surface area contributed by atoms with Gasteiger partial charge in [0.1, 0.15) is 0 Å². The first-order chi connectivity index (χ1) is 6.78. The topological polar surface area (TPSA) is 36.9 Å². The summed E-state index contributed by atoms with van der Waals surface area (Å²) in [6.07, 6.45) is 0. The summed E-state index contributed by atoms with van der Waals surface area (Å²) < 4.78 is 20.6. The Hall–Kier alpha value is -0.385. The van der Waals surface area contributed by atoms with Crippen LogP contribution in [0.2, 0.25) is 0 Å². The molecule has 0 amide bonds. The van der Waals surface area contributed by atoms with E-state index >= 15 is 0 Å². The van der Waals surface area contributed by atoms with E-state index in [1.54, 1.807) is 41.3 Å². The van der Waals surface area contributed by atoms with E-state index in [1.165, 1.54) is 0 Å². The molecule has 0 fully saturated rings. The van der Waals surface area contributed by atoms with Gasteiger partial charge >= 0.3 is 113 Å². The number of hydrogen-bond acceptors (Lipinski definition) is 4. The molecule has 1 aromatic rings. The molecule has 0 aliphatic heterocycles. The van der Waals surface area contributed by atoms with Gasteiger partial charge in [-0.2, -0.15) is 0 Å². The zero-order valence-corrected chi connectivity index (χ0v) is 8.79. The van der Waals surface area contributed by atoms with Gasteiger partial charge in [-0.05, 0) is 0 Å². The van der Waals surface area contributed by atoms with Crippen LogP contribution in [0.15, 0.2) is 5.96 Å². The van der Waals surface area contributed by atoms with E-state index in [1.807, 2.05) is 0 Å². The number of ether oxygens (including phenoxy) is 4. The minimum atomic E-state index is 0. The van der Waals surface area contributed by atoms with Crippen molar-refractivity contribution in [2.75, 3.05) is 28.4 Å². The second-order valence-electron chi connectivity index (χ2n) is 2.54. The van der Waals surface area contributed by atoms with Gasteiger partial charge in [-0.1, -0.05) is 0 Å². The van der Waals surface area contributed by atoms with Crippen LogP contribution in [0.25, 0.3) is 0 Å². The van der Waals surface area contributed by atoms with Crippen LogP contribution in [0.4, 0.5) is 0 Å². The third-order valence-corrected chi connectivity index (χ3v) is 1.89. The molecule has 0 aromatic carbocycles. The summed E-state index contributed by atoms with van der Waals surface area (Å²) in [5.74, 6) is 3.45. The summed E-state index contributed by atoms with van der Waals surface area (Å²) in [6.45, 7) is 1.76. The predicted molar refractivity (Wildman–Crippen MR) is 61.1 cm³/mol. The van der Waals surface area contributed by atoms with Gasteiger partial charge in [0.25, 0.3) is 0 Å². The molecule has 0 N–H and O–H groups in total. The first-order valence-electron chi connectivity index (χ1n) is 4.11. The van der Waals surface area contributed by atoms with Crippen LogP contribution in [0, 0.1) is 0 Å². The third kappa shape index (κ3) is 3.03. The molecule has 0 saturated carbocycles. The summed E-state index contributed by atoms with van der Waals surface area (Å²) in [5.41, 5.74) is 0.616. The molecule has 4 nitrogen and oxygen atoms in total. The molecule has 1 aromatic heterocycles. The normalized spacial score (nSPS) is 8.53. The van der Waals surface area contributed by atoms with Crippen molar-refractivity contribution >= 4 is 36.5 Å². The van der Waals surface area contributed by atoms with E-state index in [0.717, 1.165) is 0 Å². The fourth-order valence-electron chi connectivity index (χ4n) is 1.23. The van der Waals surface area contributed by atoms with Crippen LogP contribution in [0.5, 0.6) is 22.9 Å². The Morgan fingerprint density at radius 2 is 1.47 bits per heavy atom. The molecule has 1 heterocycles. The zero-order valence-electron chi connectivity index (χ0n) is 8.79. The van der Waals surface area contributed by atoms with Crippen molar-refractivity contribution in [1.29, 1.82) is 0 Å². The maximum atomic E-state index is 5.17. The Bertz CT molecular complexity index is 288. The second-order valence-corrected chi connectivity index (χ2v) is 2.54. The van der Waals surface area contributed by atoms with Gasteiger partial charge in [0.15, 0.2) is 0 Å². The molecule has 0 saturated heterocycles. The molecular weight excluding hydrogens is 206 g/mol. The third-order valence-electron chi connectivity index (χ3n) is 1.89. The predicted octanol–water partition coefficient (Wildman–Crippen LogP) is 0.411. The molecule has 0 bridgehead atoms. The Labute approximate surface area is 112 Å². The first kappa shape index (κ1) is 14.6. The van der Waals surface area contributed by atoms with E-state index < -0.39 is 0 Å². The summed E-state index contributed by atoms with van der Waals surface area (Å²) in [5, 5.41) is 0. The van der Waals surface area contributed by atoms with Crippen molar-refractivity contribution < 1.29 is 18.9 Å². The van der Waals surface area contributed by atoms with Gasteiger partial charge in [-0.15, -0.1) is 0 Å². The quantitative estimate of drug-likeness (QED) is 0.688. The van der Waals surface area contributed by atoms with E-state index in [0.29, 0.717) is 22.9 Å². The Morgan fingerprint density at radius 3 is 1.87 bits per heavy atom. The number of hydrogen-bond donors (Lipinski definition) is 0. The summed E-state index contributed by atoms with van der Waals surface area (Å²) in [4.78, 5) is 0. The summed E-state index contributed by atoms with van der Waals surface area (Å²) in [6, 6.07) is 0. The minimum absolute atomic E-state index is 0. The Balaban J connectivity index is 0.00000196. The van der Waals surface area contributed by atoms with Crippen LogP contribution < -0.4 is 18.9 Å². The number of rotatable bonds is 4. The SMILES string of the molecule is COc1bcc(OC)c(OC)c1OC.[NaH]. The molecule has 15 heavy (non-hydrogen) atoms. The van der Waals surface area contributed by atoms with Gasteiger partial charge in [0, 0.05) is 0 Å². The second kappa shape index (κ2) is 6.98. The van der Waals surface area contributed by atoms with Crippen molar-refractivity contribution in [1.82, 2.24) is 0 Å². The maximum absolute atomic E-state index is 5.17. The van der Waals surface area contributed by atoms with Gasteiger partial charge in [0.2, 0.25) is 0 Å². The van der Waals surface area contributed by atoms with Gasteiger partial charge < -0.3 is 0 Å². The van der Waals surface area contributed by atoms with Crippen molar-refractivity contribution in [3.8, 4) is 22.9 Å². The van der Waals surface area contributed by atoms with E-state index in [2.05, 4.69) is 0 Å². The Morgan fingerprint density at radius 1 is 0.867 bits per heavy atom. The molecule has 78 valence electrons. The summed E-state index contributed by atoms with van der Waals surface area (Å²) >= 11 is 0.